The van der Waals surface area contributed by atoms with Gasteiger partial charge in [-0.3, -0.25) is 0 Å². The van der Waals surface area contributed by atoms with Gasteiger partial charge in [0.1, 0.15) is 0 Å². The minimum Gasteiger partial charge on any atom is -0.399 e. The van der Waals surface area contributed by atoms with Crippen molar-refractivity contribution >= 4 is 27.3 Å². The van der Waals surface area contributed by atoms with Gasteiger partial charge in [-0.2, -0.15) is 0 Å². The lowest BCUT2D eigenvalue weighted by atomic mass is 10.1. The molecule has 0 amide bonds. The van der Waals surface area contributed by atoms with Crippen molar-refractivity contribution in [1.29, 1.82) is 0 Å². The number of hydrogen-bond donors (Lipinski definition) is 1. The van der Waals surface area contributed by atoms with Crippen molar-refractivity contribution in [3.63, 3.8) is 0 Å². The number of para-hydroxylation sites is 1. The summed E-state index contributed by atoms with van der Waals surface area (Å²) in [5, 5.41) is 0. The summed E-state index contributed by atoms with van der Waals surface area (Å²) in [7, 11) is 0. The van der Waals surface area contributed by atoms with Gasteiger partial charge in [-0.1, -0.05) is 34.1 Å². The molecule has 1 unspecified atom stereocenters. The Morgan fingerprint density at radius 2 is 2.05 bits per heavy atom. The van der Waals surface area contributed by atoms with Gasteiger partial charge in [0, 0.05) is 28.4 Å². The highest BCUT2D eigenvalue weighted by Gasteiger charge is 2.25. The van der Waals surface area contributed by atoms with Crippen LogP contribution in [0.1, 0.15) is 18.1 Å². The topological polar surface area (TPSA) is 29.3 Å². The third kappa shape index (κ3) is 2.35. The first-order valence-electron chi connectivity index (χ1n) is 6.53. The molecule has 3 heteroatoms. The summed E-state index contributed by atoms with van der Waals surface area (Å²) < 4.78 is 1.12. The van der Waals surface area contributed by atoms with Gasteiger partial charge in [-0.05, 0) is 48.7 Å². The maximum Gasteiger partial charge on any atom is 0.0444 e. The molecule has 1 heterocycles. The van der Waals surface area contributed by atoms with Gasteiger partial charge in [-0.25, -0.2) is 0 Å². The van der Waals surface area contributed by atoms with E-state index in [1.807, 2.05) is 12.1 Å². The van der Waals surface area contributed by atoms with E-state index >= 15 is 0 Å². The van der Waals surface area contributed by atoms with E-state index in [1.165, 1.54) is 16.8 Å². The fourth-order valence-electron chi connectivity index (χ4n) is 2.77. The number of nitrogen functional groups attached to an aromatic ring is 1. The SMILES string of the molecule is CC1Cc2ccccc2N1Cc1cc(N)ccc1Br. The predicted molar refractivity (Wildman–Crippen MR) is 84.3 cm³/mol. The lowest BCUT2D eigenvalue weighted by Gasteiger charge is -2.25. The lowest BCUT2D eigenvalue weighted by molar-refractivity contribution is 0.671. The molecule has 1 aliphatic rings. The van der Waals surface area contributed by atoms with Crippen LogP contribution in [0.5, 0.6) is 0 Å². The summed E-state index contributed by atoms with van der Waals surface area (Å²) in [4.78, 5) is 2.45. The number of nitrogens with zero attached hydrogens (tertiary/aromatic N) is 1. The van der Waals surface area contributed by atoms with Crippen LogP contribution in [0.3, 0.4) is 0 Å². The van der Waals surface area contributed by atoms with Crippen molar-refractivity contribution in [3.05, 3.63) is 58.1 Å². The molecule has 0 aliphatic carbocycles. The van der Waals surface area contributed by atoms with Gasteiger partial charge < -0.3 is 10.6 Å². The van der Waals surface area contributed by atoms with Crippen molar-refractivity contribution in [3.8, 4) is 0 Å². The number of nitrogens with two attached hydrogens (primary N) is 1. The highest BCUT2D eigenvalue weighted by molar-refractivity contribution is 9.10. The normalized spacial score (nSPS) is 17.6. The average molecular weight is 317 g/mol. The number of fused-ring (bicyclic) bond motifs is 1. The zero-order valence-corrected chi connectivity index (χ0v) is 12.5. The molecular weight excluding hydrogens is 300 g/mol. The molecule has 2 nitrogen and oxygen atoms in total. The molecule has 0 bridgehead atoms. The smallest absolute Gasteiger partial charge is 0.0444 e. The molecule has 0 aromatic heterocycles. The molecule has 2 N–H and O–H groups in total. The summed E-state index contributed by atoms with van der Waals surface area (Å²) in [6.45, 7) is 3.17. The van der Waals surface area contributed by atoms with Crippen molar-refractivity contribution in [2.75, 3.05) is 10.6 Å². The quantitative estimate of drug-likeness (QED) is 0.849. The number of hydrogen-bond acceptors (Lipinski definition) is 2. The van der Waals surface area contributed by atoms with Crippen LogP contribution in [0.15, 0.2) is 46.9 Å². The predicted octanol–water partition coefficient (Wildman–Crippen LogP) is 3.98. The van der Waals surface area contributed by atoms with Crippen molar-refractivity contribution in [1.82, 2.24) is 0 Å². The first kappa shape index (κ1) is 12.5. The third-order valence-electron chi connectivity index (χ3n) is 3.76. The summed E-state index contributed by atoms with van der Waals surface area (Å²) >= 11 is 3.62. The summed E-state index contributed by atoms with van der Waals surface area (Å²) in [6.07, 6.45) is 1.12. The van der Waals surface area contributed by atoms with Crippen LogP contribution in [0.25, 0.3) is 0 Å². The third-order valence-corrected chi connectivity index (χ3v) is 4.53. The number of anilines is 2. The molecule has 0 radical (unpaired) electrons. The number of halogens is 1. The van der Waals surface area contributed by atoms with Crippen LogP contribution in [0.4, 0.5) is 11.4 Å². The Balaban J connectivity index is 1.93. The molecule has 3 rings (SSSR count). The summed E-state index contributed by atoms with van der Waals surface area (Å²) in [6, 6.07) is 15.2. The van der Waals surface area contributed by atoms with Crippen LogP contribution in [-0.2, 0) is 13.0 Å². The Hall–Kier alpha value is -1.48. The van der Waals surface area contributed by atoms with Gasteiger partial charge in [-0.15, -0.1) is 0 Å². The molecule has 2 aromatic carbocycles. The van der Waals surface area contributed by atoms with Gasteiger partial charge in [0.25, 0.3) is 0 Å². The Morgan fingerprint density at radius 3 is 2.89 bits per heavy atom. The Bertz CT molecular complexity index is 609. The van der Waals surface area contributed by atoms with Gasteiger partial charge in [0.2, 0.25) is 0 Å². The van der Waals surface area contributed by atoms with E-state index in [0.29, 0.717) is 6.04 Å². The van der Waals surface area contributed by atoms with Gasteiger partial charge in [0.15, 0.2) is 0 Å². The van der Waals surface area contributed by atoms with Gasteiger partial charge in [0.05, 0.1) is 0 Å². The Kier molecular flexibility index (Phi) is 3.23. The first-order valence-corrected chi connectivity index (χ1v) is 7.33. The minimum absolute atomic E-state index is 0.533. The van der Waals surface area contributed by atoms with Crippen molar-refractivity contribution in [2.24, 2.45) is 0 Å². The summed E-state index contributed by atoms with van der Waals surface area (Å²) in [5.74, 6) is 0. The molecule has 1 aliphatic heterocycles. The molecule has 2 aromatic rings. The standard InChI is InChI=1S/C16H17BrN2/c1-11-8-12-4-2-3-5-16(12)19(11)10-13-9-14(18)6-7-15(13)17/h2-7,9,11H,8,10,18H2,1H3. The van der Waals surface area contributed by atoms with Crippen LogP contribution in [0, 0.1) is 0 Å². The van der Waals surface area contributed by atoms with E-state index in [4.69, 9.17) is 5.73 Å². The largest absolute Gasteiger partial charge is 0.399 e. The maximum absolute atomic E-state index is 5.89. The van der Waals surface area contributed by atoms with Crippen LogP contribution >= 0.6 is 15.9 Å². The van der Waals surface area contributed by atoms with E-state index in [9.17, 15) is 0 Å². The molecule has 0 saturated carbocycles. The van der Waals surface area contributed by atoms with Crippen LogP contribution in [0.2, 0.25) is 0 Å². The van der Waals surface area contributed by atoms with E-state index in [1.54, 1.807) is 0 Å². The molecule has 98 valence electrons. The molecule has 0 spiro atoms. The maximum atomic E-state index is 5.89. The second kappa shape index (κ2) is 4.89. The lowest BCUT2D eigenvalue weighted by Crippen LogP contribution is -2.28. The molecular formula is C16H17BrN2. The molecule has 0 saturated heterocycles. The van der Waals surface area contributed by atoms with Crippen molar-refractivity contribution in [2.45, 2.75) is 25.9 Å². The monoisotopic (exact) mass is 316 g/mol. The Morgan fingerprint density at radius 1 is 1.26 bits per heavy atom. The zero-order chi connectivity index (χ0) is 13.4. The van der Waals surface area contributed by atoms with E-state index in [-0.39, 0.29) is 0 Å². The zero-order valence-electron chi connectivity index (χ0n) is 10.9. The fraction of sp³-hybridized carbons (Fsp3) is 0.250. The first-order chi connectivity index (χ1) is 9.15. The minimum atomic E-state index is 0.533. The van der Waals surface area contributed by atoms with Gasteiger partial charge >= 0.3 is 0 Å². The van der Waals surface area contributed by atoms with Crippen LogP contribution < -0.4 is 10.6 Å². The van der Waals surface area contributed by atoms with E-state index in [2.05, 4.69) is 58.1 Å². The second-order valence-corrected chi connectivity index (χ2v) is 6.01. The van der Waals surface area contributed by atoms with E-state index in [0.717, 1.165) is 23.1 Å². The molecule has 0 fully saturated rings. The average Bonchev–Trinajstić information content (AvgIpc) is 2.71. The highest BCUT2D eigenvalue weighted by Crippen LogP contribution is 2.34. The van der Waals surface area contributed by atoms with Crippen molar-refractivity contribution < 1.29 is 0 Å². The fourth-order valence-corrected chi connectivity index (χ4v) is 3.14. The number of rotatable bonds is 2. The summed E-state index contributed by atoms with van der Waals surface area (Å²) in [5.41, 5.74) is 10.7. The van der Waals surface area contributed by atoms with Crippen LogP contribution in [-0.4, -0.2) is 6.04 Å². The Labute approximate surface area is 122 Å². The highest BCUT2D eigenvalue weighted by atomic mass is 79.9. The molecule has 1 atom stereocenters. The van der Waals surface area contributed by atoms with E-state index < -0.39 is 0 Å². The number of benzene rings is 2. The second-order valence-electron chi connectivity index (χ2n) is 5.16. The molecule has 19 heavy (non-hydrogen) atoms.